The molecule has 1 aromatic heterocycles. The Hall–Kier alpha value is -1.86. The van der Waals surface area contributed by atoms with Crippen LogP contribution in [0.15, 0.2) is 45.8 Å². The van der Waals surface area contributed by atoms with E-state index in [9.17, 15) is 13.5 Å². The molecule has 1 heterocycles. The summed E-state index contributed by atoms with van der Waals surface area (Å²) < 4.78 is 24.4. The number of hydrogen-bond donors (Lipinski definition) is 2. The topological polar surface area (TPSA) is 83.0 Å². The Morgan fingerprint density at radius 1 is 1.24 bits per heavy atom. The molecule has 108 valence electrons. The van der Waals surface area contributed by atoms with Gasteiger partial charge in [0, 0.05) is 10.7 Å². The zero-order valence-corrected chi connectivity index (χ0v) is 13.4. The normalized spacial score (nSPS) is 11.9. The summed E-state index contributed by atoms with van der Waals surface area (Å²) in [7, 11) is -3.37. The van der Waals surface area contributed by atoms with Gasteiger partial charge in [0.25, 0.3) is 0 Å². The molecule has 2 aromatic carbocycles. The lowest BCUT2D eigenvalue weighted by atomic mass is 10.2. The molecule has 0 amide bonds. The van der Waals surface area contributed by atoms with Crippen molar-refractivity contribution in [2.75, 3.05) is 6.26 Å². The number of rotatable bonds is 2. The summed E-state index contributed by atoms with van der Waals surface area (Å²) in [6.07, 6.45) is 1.15. The number of nitrogens with one attached hydrogen (secondary N) is 1. The molecule has 0 spiro atoms. The number of aromatic amines is 1. The number of sulfone groups is 1. The zero-order valence-electron chi connectivity index (χ0n) is 11.0. The molecule has 0 aliphatic carbocycles. The first-order valence-corrected chi connectivity index (χ1v) is 8.72. The van der Waals surface area contributed by atoms with Gasteiger partial charge in [-0.2, -0.15) is 0 Å². The van der Waals surface area contributed by atoms with Crippen LogP contribution in [0, 0.1) is 0 Å². The van der Waals surface area contributed by atoms with Crippen LogP contribution in [0.25, 0.3) is 22.4 Å². The fourth-order valence-corrected chi connectivity index (χ4v) is 3.32. The Balaban J connectivity index is 2.30. The van der Waals surface area contributed by atoms with Gasteiger partial charge in [-0.1, -0.05) is 22.0 Å². The maximum absolute atomic E-state index is 11.8. The number of hydrogen-bond acceptors (Lipinski definition) is 4. The largest absolute Gasteiger partial charge is 0.507 e. The van der Waals surface area contributed by atoms with Crippen LogP contribution in [0.2, 0.25) is 0 Å². The zero-order chi connectivity index (χ0) is 15.2. The fourth-order valence-electron chi connectivity index (χ4n) is 2.13. The highest BCUT2D eigenvalue weighted by Gasteiger charge is 2.17. The van der Waals surface area contributed by atoms with E-state index in [1.165, 1.54) is 6.07 Å². The predicted octanol–water partition coefficient (Wildman–Crippen LogP) is 3.10. The Morgan fingerprint density at radius 3 is 2.71 bits per heavy atom. The van der Waals surface area contributed by atoms with Crippen LogP contribution in [0.5, 0.6) is 5.75 Å². The van der Waals surface area contributed by atoms with E-state index in [1.54, 1.807) is 30.3 Å². The first-order chi connectivity index (χ1) is 9.86. The number of nitrogens with zero attached hydrogens (tertiary/aromatic N) is 1. The quantitative estimate of drug-likeness (QED) is 0.729. The smallest absolute Gasteiger partial charge is 0.177 e. The predicted molar refractivity (Wildman–Crippen MR) is 84.0 cm³/mol. The van der Waals surface area contributed by atoms with E-state index in [-0.39, 0.29) is 10.6 Å². The Kier molecular flexibility index (Phi) is 3.26. The van der Waals surface area contributed by atoms with Crippen molar-refractivity contribution in [3.05, 3.63) is 40.9 Å². The second-order valence-corrected chi connectivity index (χ2v) is 7.57. The lowest BCUT2D eigenvalue weighted by Crippen LogP contribution is -1.97. The minimum atomic E-state index is -3.37. The molecule has 3 aromatic rings. The first-order valence-electron chi connectivity index (χ1n) is 6.04. The van der Waals surface area contributed by atoms with Crippen molar-refractivity contribution in [3.63, 3.8) is 0 Å². The van der Waals surface area contributed by atoms with Gasteiger partial charge < -0.3 is 10.1 Å². The third kappa shape index (κ3) is 2.54. The van der Waals surface area contributed by atoms with Crippen LogP contribution < -0.4 is 0 Å². The molecule has 21 heavy (non-hydrogen) atoms. The van der Waals surface area contributed by atoms with E-state index >= 15 is 0 Å². The number of imidazole rings is 1. The van der Waals surface area contributed by atoms with Gasteiger partial charge in [-0.15, -0.1) is 0 Å². The van der Waals surface area contributed by atoms with Crippen LogP contribution in [0.4, 0.5) is 0 Å². The van der Waals surface area contributed by atoms with Crippen molar-refractivity contribution in [1.82, 2.24) is 9.97 Å². The van der Waals surface area contributed by atoms with Gasteiger partial charge in [-0.3, -0.25) is 0 Å². The van der Waals surface area contributed by atoms with Crippen molar-refractivity contribution in [1.29, 1.82) is 0 Å². The number of halogens is 1. The Bertz CT molecular complexity index is 948. The van der Waals surface area contributed by atoms with E-state index in [0.717, 1.165) is 10.7 Å². The van der Waals surface area contributed by atoms with Crippen LogP contribution in [0.1, 0.15) is 0 Å². The number of benzene rings is 2. The van der Waals surface area contributed by atoms with Gasteiger partial charge in [-0.25, -0.2) is 13.4 Å². The maximum Gasteiger partial charge on any atom is 0.177 e. The summed E-state index contributed by atoms with van der Waals surface area (Å²) in [5.74, 6) is 0.484. The molecule has 0 unspecified atom stereocenters. The van der Waals surface area contributed by atoms with E-state index < -0.39 is 9.84 Å². The molecule has 0 atom stereocenters. The van der Waals surface area contributed by atoms with E-state index in [2.05, 4.69) is 25.9 Å². The van der Waals surface area contributed by atoms with E-state index in [4.69, 9.17) is 0 Å². The number of aromatic hydroxyl groups is 1. The monoisotopic (exact) mass is 366 g/mol. The van der Waals surface area contributed by atoms with Gasteiger partial charge in [0.05, 0.1) is 16.0 Å². The van der Waals surface area contributed by atoms with Gasteiger partial charge in [0.1, 0.15) is 17.1 Å². The number of aromatic nitrogens is 2. The third-order valence-corrected chi connectivity index (χ3v) is 4.71. The van der Waals surface area contributed by atoms with Crippen molar-refractivity contribution < 1.29 is 13.5 Å². The molecular weight excluding hydrogens is 356 g/mol. The molecule has 0 saturated heterocycles. The van der Waals surface area contributed by atoms with E-state index in [0.29, 0.717) is 22.4 Å². The third-order valence-electron chi connectivity index (χ3n) is 3.09. The number of phenolic OH excluding ortho intramolecular Hbond substituents is 1. The van der Waals surface area contributed by atoms with Gasteiger partial charge in [-0.05, 0) is 30.3 Å². The summed E-state index contributed by atoms with van der Waals surface area (Å²) in [6.45, 7) is 0. The molecule has 0 fully saturated rings. The maximum atomic E-state index is 11.8. The van der Waals surface area contributed by atoms with Crippen LogP contribution >= 0.6 is 15.9 Å². The molecule has 5 nitrogen and oxygen atoms in total. The second-order valence-electron chi connectivity index (χ2n) is 4.67. The highest BCUT2D eigenvalue weighted by atomic mass is 79.9. The number of H-pyrrole nitrogens is 1. The van der Waals surface area contributed by atoms with Crippen molar-refractivity contribution in [2.45, 2.75) is 4.90 Å². The summed E-state index contributed by atoms with van der Waals surface area (Å²) in [5.41, 5.74) is 1.47. The average Bonchev–Trinajstić information content (AvgIpc) is 2.83. The standard InChI is InChI=1S/C14H11BrN2O3S/c1-21(19,20)12-4-2-3-10-13(12)17-14(16-10)9-7-8(15)5-6-11(9)18/h2-7,18H,1H3,(H,16,17). The summed E-state index contributed by atoms with van der Waals surface area (Å²) >= 11 is 3.33. The average molecular weight is 367 g/mol. The molecule has 0 aliphatic rings. The number of fused-ring (bicyclic) bond motifs is 1. The first kappa shape index (κ1) is 14.1. The van der Waals surface area contributed by atoms with Crippen LogP contribution in [-0.2, 0) is 9.84 Å². The Morgan fingerprint density at radius 2 is 2.00 bits per heavy atom. The van der Waals surface area contributed by atoms with Crippen molar-refractivity contribution in [2.24, 2.45) is 0 Å². The van der Waals surface area contributed by atoms with Crippen molar-refractivity contribution in [3.8, 4) is 17.1 Å². The lowest BCUT2D eigenvalue weighted by molar-refractivity contribution is 0.477. The molecular formula is C14H11BrN2O3S. The van der Waals surface area contributed by atoms with Crippen molar-refractivity contribution >= 4 is 36.8 Å². The number of para-hydroxylation sites is 1. The lowest BCUT2D eigenvalue weighted by Gasteiger charge is -2.01. The second kappa shape index (κ2) is 4.85. The summed E-state index contributed by atoms with van der Waals surface area (Å²) in [5, 5.41) is 9.94. The molecule has 2 N–H and O–H groups in total. The summed E-state index contributed by atoms with van der Waals surface area (Å²) in [4.78, 5) is 7.54. The minimum Gasteiger partial charge on any atom is -0.507 e. The molecule has 3 rings (SSSR count). The molecule has 0 radical (unpaired) electrons. The molecule has 0 saturated carbocycles. The highest BCUT2D eigenvalue weighted by molar-refractivity contribution is 9.10. The number of phenols is 1. The van der Waals surface area contributed by atoms with Crippen LogP contribution in [-0.4, -0.2) is 29.7 Å². The molecule has 0 bridgehead atoms. The minimum absolute atomic E-state index is 0.0677. The Labute approximate surface area is 129 Å². The molecule has 0 aliphatic heterocycles. The molecule has 7 heteroatoms. The van der Waals surface area contributed by atoms with Crippen LogP contribution in [0.3, 0.4) is 0 Å². The summed E-state index contributed by atoms with van der Waals surface area (Å²) in [6, 6.07) is 9.89. The van der Waals surface area contributed by atoms with Gasteiger partial charge in [0.2, 0.25) is 0 Å². The van der Waals surface area contributed by atoms with E-state index in [1.807, 2.05) is 0 Å². The SMILES string of the molecule is CS(=O)(=O)c1cccc2[nH]c(-c3cc(Br)ccc3O)nc12. The van der Waals surface area contributed by atoms with Gasteiger partial charge in [0.15, 0.2) is 9.84 Å². The van der Waals surface area contributed by atoms with Gasteiger partial charge >= 0.3 is 0 Å². The fraction of sp³-hybridized carbons (Fsp3) is 0.0714. The highest BCUT2D eigenvalue weighted by Crippen LogP contribution is 2.32.